The van der Waals surface area contributed by atoms with Crippen LogP contribution in [-0.2, 0) is 10.0 Å². The molecule has 0 aromatic heterocycles. The smallest absolute Gasteiger partial charge is 0.240 e. The van der Waals surface area contributed by atoms with Crippen molar-refractivity contribution in [2.45, 2.75) is 44.0 Å². The molecule has 1 aromatic rings. The van der Waals surface area contributed by atoms with Crippen molar-refractivity contribution in [2.24, 2.45) is 5.41 Å². The Kier molecular flexibility index (Phi) is 4.47. The Labute approximate surface area is 129 Å². The Morgan fingerprint density at radius 1 is 1.40 bits per heavy atom. The fourth-order valence-electron chi connectivity index (χ4n) is 2.64. The van der Waals surface area contributed by atoms with Gasteiger partial charge in [-0.25, -0.2) is 13.1 Å². The molecule has 0 aliphatic heterocycles. The van der Waals surface area contributed by atoms with Gasteiger partial charge in [0.15, 0.2) is 0 Å². The summed E-state index contributed by atoms with van der Waals surface area (Å²) in [6.45, 7) is 4.34. The first kappa shape index (κ1) is 15.8. The molecule has 1 unspecified atom stereocenters. The standard InChI is InChI=1S/C14H20BrNO3S/c1-14(2)7-6-10(9-14)16-20(17,18)11-4-5-13(19-3)12(15)8-11/h4-5,8,10,16H,6-7,9H2,1-3H3. The SMILES string of the molecule is COc1ccc(S(=O)(=O)NC2CCC(C)(C)C2)cc1Br. The number of ether oxygens (including phenoxy) is 1. The lowest BCUT2D eigenvalue weighted by molar-refractivity contribution is 0.372. The molecule has 6 heteroatoms. The molecule has 1 aromatic carbocycles. The monoisotopic (exact) mass is 361 g/mol. The second kappa shape index (κ2) is 5.66. The number of hydrogen-bond donors (Lipinski definition) is 1. The van der Waals surface area contributed by atoms with Crippen LogP contribution in [0.5, 0.6) is 5.75 Å². The Morgan fingerprint density at radius 2 is 2.10 bits per heavy atom. The molecule has 1 fully saturated rings. The van der Waals surface area contributed by atoms with Crippen molar-refractivity contribution >= 4 is 26.0 Å². The van der Waals surface area contributed by atoms with E-state index in [-0.39, 0.29) is 16.4 Å². The summed E-state index contributed by atoms with van der Waals surface area (Å²) in [7, 11) is -1.93. The highest BCUT2D eigenvalue weighted by molar-refractivity contribution is 9.10. The van der Waals surface area contributed by atoms with Crippen LogP contribution >= 0.6 is 15.9 Å². The molecule has 112 valence electrons. The molecule has 1 N–H and O–H groups in total. The van der Waals surface area contributed by atoms with Crippen molar-refractivity contribution < 1.29 is 13.2 Å². The van der Waals surface area contributed by atoms with Crippen molar-refractivity contribution in [3.63, 3.8) is 0 Å². The van der Waals surface area contributed by atoms with Gasteiger partial charge in [-0.2, -0.15) is 0 Å². The van der Waals surface area contributed by atoms with Gasteiger partial charge in [0.05, 0.1) is 16.5 Å². The van der Waals surface area contributed by atoms with E-state index in [0.717, 1.165) is 19.3 Å². The van der Waals surface area contributed by atoms with Crippen LogP contribution in [0, 0.1) is 5.41 Å². The van der Waals surface area contributed by atoms with Gasteiger partial charge in [-0.3, -0.25) is 0 Å². The summed E-state index contributed by atoms with van der Waals surface area (Å²) in [5.74, 6) is 0.617. The van der Waals surface area contributed by atoms with Crippen LogP contribution in [0.1, 0.15) is 33.1 Å². The number of benzene rings is 1. The number of halogens is 1. The average Bonchev–Trinajstić information content (AvgIpc) is 2.67. The van der Waals surface area contributed by atoms with Gasteiger partial charge in [0, 0.05) is 6.04 Å². The molecule has 1 atom stereocenters. The molecule has 2 rings (SSSR count). The number of rotatable bonds is 4. The first-order chi connectivity index (χ1) is 9.23. The Morgan fingerprint density at radius 3 is 2.60 bits per heavy atom. The minimum Gasteiger partial charge on any atom is -0.496 e. The number of methoxy groups -OCH3 is 1. The van der Waals surface area contributed by atoms with E-state index in [1.807, 2.05) is 0 Å². The summed E-state index contributed by atoms with van der Waals surface area (Å²) in [5, 5.41) is 0. The second-order valence-corrected chi connectivity index (χ2v) is 8.59. The maximum Gasteiger partial charge on any atom is 0.240 e. The van der Waals surface area contributed by atoms with Gasteiger partial charge in [0.2, 0.25) is 10.0 Å². The molecule has 0 spiro atoms. The summed E-state index contributed by atoms with van der Waals surface area (Å²) < 4.78 is 33.3. The van der Waals surface area contributed by atoms with Crippen LogP contribution in [0.4, 0.5) is 0 Å². The largest absolute Gasteiger partial charge is 0.496 e. The third kappa shape index (κ3) is 3.54. The Bertz CT molecular complexity index is 598. The summed E-state index contributed by atoms with van der Waals surface area (Å²) in [6, 6.07) is 4.81. The van der Waals surface area contributed by atoms with Gasteiger partial charge in [-0.1, -0.05) is 13.8 Å². The maximum absolute atomic E-state index is 12.4. The van der Waals surface area contributed by atoms with Crippen LogP contribution in [0.3, 0.4) is 0 Å². The molecule has 0 radical (unpaired) electrons. The van der Waals surface area contributed by atoms with Crippen molar-refractivity contribution in [3.8, 4) is 5.75 Å². The molecule has 1 aliphatic rings. The highest BCUT2D eigenvalue weighted by Crippen LogP contribution is 2.37. The third-order valence-electron chi connectivity index (χ3n) is 3.72. The zero-order valence-electron chi connectivity index (χ0n) is 11.9. The normalized spacial score (nSPS) is 21.9. The topological polar surface area (TPSA) is 55.4 Å². The van der Waals surface area contributed by atoms with Crippen LogP contribution in [0.2, 0.25) is 0 Å². The number of hydrogen-bond acceptors (Lipinski definition) is 3. The van der Waals surface area contributed by atoms with E-state index in [0.29, 0.717) is 10.2 Å². The summed E-state index contributed by atoms with van der Waals surface area (Å²) in [6.07, 6.45) is 2.82. The van der Waals surface area contributed by atoms with E-state index < -0.39 is 10.0 Å². The minimum absolute atomic E-state index is 0.0240. The fraction of sp³-hybridized carbons (Fsp3) is 0.571. The van der Waals surface area contributed by atoms with E-state index in [4.69, 9.17) is 4.74 Å². The molecular weight excluding hydrogens is 342 g/mol. The van der Waals surface area contributed by atoms with Crippen molar-refractivity contribution in [1.82, 2.24) is 4.72 Å². The van der Waals surface area contributed by atoms with Gasteiger partial charge in [-0.05, 0) is 58.8 Å². The summed E-state index contributed by atoms with van der Waals surface area (Å²) >= 11 is 3.31. The first-order valence-electron chi connectivity index (χ1n) is 6.59. The summed E-state index contributed by atoms with van der Waals surface area (Å²) in [5.41, 5.74) is 0.216. The lowest BCUT2D eigenvalue weighted by atomic mass is 9.92. The van der Waals surface area contributed by atoms with Gasteiger partial charge >= 0.3 is 0 Å². The van der Waals surface area contributed by atoms with E-state index >= 15 is 0 Å². The molecule has 0 saturated heterocycles. The molecule has 0 heterocycles. The van der Waals surface area contributed by atoms with Gasteiger partial charge in [0.1, 0.15) is 5.75 Å². The fourth-order valence-corrected chi connectivity index (χ4v) is 4.63. The van der Waals surface area contributed by atoms with E-state index in [1.165, 1.54) is 0 Å². The lowest BCUT2D eigenvalue weighted by Gasteiger charge is -2.18. The average molecular weight is 362 g/mol. The third-order valence-corrected chi connectivity index (χ3v) is 5.86. The predicted octanol–water partition coefficient (Wildman–Crippen LogP) is 3.31. The molecule has 1 saturated carbocycles. The highest BCUT2D eigenvalue weighted by Gasteiger charge is 2.33. The number of nitrogens with one attached hydrogen (secondary N) is 1. The number of sulfonamides is 1. The van der Waals surface area contributed by atoms with Crippen molar-refractivity contribution in [3.05, 3.63) is 22.7 Å². The highest BCUT2D eigenvalue weighted by atomic mass is 79.9. The Hall–Kier alpha value is -0.590. The van der Waals surface area contributed by atoms with E-state index in [9.17, 15) is 8.42 Å². The molecule has 0 amide bonds. The Balaban J connectivity index is 2.17. The maximum atomic E-state index is 12.4. The van der Waals surface area contributed by atoms with Gasteiger partial charge in [0.25, 0.3) is 0 Å². The zero-order chi connectivity index (χ0) is 15.0. The van der Waals surface area contributed by atoms with Crippen molar-refractivity contribution in [2.75, 3.05) is 7.11 Å². The lowest BCUT2D eigenvalue weighted by Crippen LogP contribution is -2.33. The van der Waals surface area contributed by atoms with Crippen LogP contribution < -0.4 is 9.46 Å². The van der Waals surface area contributed by atoms with Crippen LogP contribution in [0.25, 0.3) is 0 Å². The summed E-state index contributed by atoms with van der Waals surface area (Å²) in [4.78, 5) is 0.259. The van der Waals surface area contributed by atoms with Crippen LogP contribution in [0.15, 0.2) is 27.6 Å². The zero-order valence-corrected chi connectivity index (χ0v) is 14.3. The molecule has 0 bridgehead atoms. The molecule has 4 nitrogen and oxygen atoms in total. The molecule has 20 heavy (non-hydrogen) atoms. The second-order valence-electron chi connectivity index (χ2n) is 6.02. The van der Waals surface area contributed by atoms with Gasteiger partial charge in [-0.15, -0.1) is 0 Å². The predicted molar refractivity (Wildman–Crippen MR) is 82.4 cm³/mol. The van der Waals surface area contributed by atoms with Crippen LogP contribution in [-0.4, -0.2) is 21.6 Å². The molecular formula is C14H20BrNO3S. The minimum atomic E-state index is -3.48. The van der Waals surface area contributed by atoms with Crippen molar-refractivity contribution in [1.29, 1.82) is 0 Å². The van der Waals surface area contributed by atoms with E-state index in [1.54, 1.807) is 25.3 Å². The van der Waals surface area contributed by atoms with E-state index in [2.05, 4.69) is 34.5 Å². The molecule has 1 aliphatic carbocycles. The first-order valence-corrected chi connectivity index (χ1v) is 8.87. The quantitative estimate of drug-likeness (QED) is 0.894. The van der Waals surface area contributed by atoms with Gasteiger partial charge < -0.3 is 4.74 Å².